The minimum absolute atomic E-state index is 0.0158. The molecule has 160 valence electrons. The molecule has 30 heavy (non-hydrogen) atoms. The molecule has 0 atom stereocenters. The van der Waals surface area contributed by atoms with E-state index in [0.717, 1.165) is 11.5 Å². The summed E-state index contributed by atoms with van der Waals surface area (Å²) in [4.78, 5) is 27.1. The number of nitrogens with zero attached hydrogens (tertiary/aromatic N) is 3. The molecule has 1 saturated heterocycles. The third-order valence-electron chi connectivity index (χ3n) is 4.97. The average Bonchev–Trinajstić information content (AvgIpc) is 2.77. The van der Waals surface area contributed by atoms with Crippen LogP contribution in [-0.2, 0) is 4.79 Å². The van der Waals surface area contributed by atoms with Gasteiger partial charge >= 0.3 is 0 Å². The van der Waals surface area contributed by atoms with Crippen molar-refractivity contribution in [1.82, 2.24) is 4.90 Å². The number of methoxy groups -OCH3 is 1. The summed E-state index contributed by atoms with van der Waals surface area (Å²) in [5.41, 5.74) is 0.516. The Bertz CT molecular complexity index is 883. The molecule has 9 heteroatoms. The lowest BCUT2D eigenvalue weighted by Gasteiger charge is -2.35. The van der Waals surface area contributed by atoms with E-state index in [9.17, 15) is 14.9 Å². The van der Waals surface area contributed by atoms with Gasteiger partial charge in [-0.05, 0) is 42.8 Å². The second kappa shape index (κ2) is 10.2. The maximum absolute atomic E-state index is 12.5. The number of hydrogen-bond donors (Lipinski definition) is 0. The summed E-state index contributed by atoms with van der Waals surface area (Å²) in [5, 5.41) is 11.6. The van der Waals surface area contributed by atoms with Crippen molar-refractivity contribution < 1.29 is 19.2 Å². The van der Waals surface area contributed by atoms with Crippen molar-refractivity contribution in [3.8, 4) is 11.5 Å². The van der Waals surface area contributed by atoms with Gasteiger partial charge in [-0.2, -0.15) is 0 Å². The van der Waals surface area contributed by atoms with Crippen LogP contribution < -0.4 is 14.4 Å². The van der Waals surface area contributed by atoms with Crippen molar-refractivity contribution in [2.75, 3.05) is 44.8 Å². The van der Waals surface area contributed by atoms with E-state index in [-0.39, 0.29) is 11.6 Å². The summed E-state index contributed by atoms with van der Waals surface area (Å²) < 4.78 is 10.8. The fraction of sp³-hybridized carbons (Fsp3) is 0.381. The average molecular weight is 434 g/mol. The molecular formula is C21H24ClN3O5. The first-order valence-corrected chi connectivity index (χ1v) is 10.1. The van der Waals surface area contributed by atoms with Crippen LogP contribution in [0.4, 0.5) is 11.4 Å². The Labute approximate surface area is 180 Å². The molecule has 2 aromatic rings. The fourth-order valence-electron chi connectivity index (χ4n) is 3.35. The van der Waals surface area contributed by atoms with E-state index >= 15 is 0 Å². The summed E-state index contributed by atoms with van der Waals surface area (Å²) >= 11 is 5.89. The first-order valence-electron chi connectivity index (χ1n) is 9.71. The van der Waals surface area contributed by atoms with Gasteiger partial charge in [0, 0.05) is 43.7 Å². The van der Waals surface area contributed by atoms with Gasteiger partial charge in [0.15, 0.2) is 0 Å². The quantitative estimate of drug-likeness (QED) is 0.358. The summed E-state index contributed by atoms with van der Waals surface area (Å²) in [6, 6.07) is 12.0. The van der Waals surface area contributed by atoms with Gasteiger partial charge in [-0.1, -0.05) is 11.6 Å². The minimum Gasteiger partial charge on any atom is -0.497 e. The fourth-order valence-corrected chi connectivity index (χ4v) is 3.52. The van der Waals surface area contributed by atoms with E-state index < -0.39 is 4.92 Å². The molecule has 0 aromatic heterocycles. The molecule has 0 aliphatic carbocycles. The number of anilines is 1. The molecule has 0 bridgehead atoms. The van der Waals surface area contributed by atoms with E-state index in [1.54, 1.807) is 24.1 Å². The molecule has 2 aromatic carbocycles. The minimum atomic E-state index is -0.429. The van der Waals surface area contributed by atoms with Crippen molar-refractivity contribution in [1.29, 1.82) is 0 Å². The highest BCUT2D eigenvalue weighted by Gasteiger charge is 2.25. The Morgan fingerprint density at radius 1 is 1.10 bits per heavy atom. The van der Waals surface area contributed by atoms with Crippen molar-refractivity contribution in [3.63, 3.8) is 0 Å². The Hall–Kier alpha value is -3.00. The molecule has 0 saturated carbocycles. The number of nitro benzene ring substituents is 1. The Kier molecular flexibility index (Phi) is 7.35. The van der Waals surface area contributed by atoms with E-state index in [2.05, 4.69) is 0 Å². The van der Waals surface area contributed by atoms with Crippen LogP contribution in [-0.4, -0.2) is 55.6 Å². The molecule has 1 amide bonds. The molecule has 3 rings (SSSR count). The summed E-state index contributed by atoms with van der Waals surface area (Å²) in [6.07, 6.45) is 1.02. The van der Waals surface area contributed by atoms with Gasteiger partial charge in [0.1, 0.15) is 17.2 Å². The van der Waals surface area contributed by atoms with Gasteiger partial charge in [-0.3, -0.25) is 14.9 Å². The maximum atomic E-state index is 12.5. The van der Waals surface area contributed by atoms with Crippen LogP contribution in [0.2, 0.25) is 5.02 Å². The Balaban J connectivity index is 1.43. The molecule has 1 aliphatic heterocycles. The normalized spacial score (nSPS) is 13.8. The van der Waals surface area contributed by atoms with Crippen molar-refractivity contribution in [2.45, 2.75) is 12.8 Å². The third-order valence-corrected chi connectivity index (χ3v) is 5.21. The number of carbonyl (C=O) groups excluding carboxylic acids is 1. The standard InChI is InChI=1S/C21H24ClN3O5/c1-29-17-5-7-18(8-6-17)30-14-2-3-21(26)24-12-10-23(11-13-24)19-9-4-16(22)15-20(19)25(27)28/h4-9,15H,2-3,10-14H2,1H3. The molecule has 0 spiro atoms. The van der Waals surface area contributed by atoms with Crippen LogP contribution in [0.5, 0.6) is 11.5 Å². The Morgan fingerprint density at radius 2 is 1.77 bits per heavy atom. The monoisotopic (exact) mass is 433 g/mol. The van der Waals surface area contributed by atoms with Gasteiger partial charge in [0.25, 0.3) is 5.69 Å². The number of carbonyl (C=O) groups is 1. The third kappa shape index (κ3) is 5.54. The van der Waals surface area contributed by atoms with Crippen LogP contribution >= 0.6 is 11.6 Å². The first-order chi connectivity index (χ1) is 14.5. The van der Waals surface area contributed by atoms with Crippen LogP contribution in [0.25, 0.3) is 0 Å². The molecule has 0 radical (unpaired) electrons. The predicted molar refractivity (Wildman–Crippen MR) is 115 cm³/mol. The lowest BCUT2D eigenvalue weighted by Crippen LogP contribution is -2.49. The number of rotatable bonds is 8. The molecule has 0 unspecified atom stereocenters. The molecule has 1 heterocycles. The highest BCUT2D eigenvalue weighted by Crippen LogP contribution is 2.31. The van der Waals surface area contributed by atoms with Crippen molar-refractivity contribution >= 4 is 28.9 Å². The zero-order valence-corrected chi connectivity index (χ0v) is 17.5. The smallest absolute Gasteiger partial charge is 0.294 e. The van der Waals surface area contributed by atoms with E-state index in [1.165, 1.54) is 6.07 Å². The highest BCUT2D eigenvalue weighted by molar-refractivity contribution is 6.30. The van der Waals surface area contributed by atoms with E-state index in [1.807, 2.05) is 29.2 Å². The second-order valence-electron chi connectivity index (χ2n) is 6.89. The van der Waals surface area contributed by atoms with Gasteiger partial charge in [0.05, 0.1) is 18.6 Å². The SMILES string of the molecule is COc1ccc(OCCCC(=O)N2CCN(c3ccc(Cl)cc3[N+](=O)[O-])CC2)cc1. The first kappa shape index (κ1) is 21.7. The molecular weight excluding hydrogens is 410 g/mol. The lowest BCUT2D eigenvalue weighted by atomic mass is 10.2. The number of halogens is 1. The molecule has 1 fully saturated rings. The largest absolute Gasteiger partial charge is 0.497 e. The van der Waals surface area contributed by atoms with Crippen LogP contribution in [0.1, 0.15) is 12.8 Å². The van der Waals surface area contributed by atoms with Gasteiger partial charge < -0.3 is 19.3 Å². The number of benzene rings is 2. The molecule has 8 nitrogen and oxygen atoms in total. The molecule has 1 aliphatic rings. The van der Waals surface area contributed by atoms with Crippen molar-refractivity contribution in [3.05, 3.63) is 57.6 Å². The lowest BCUT2D eigenvalue weighted by molar-refractivity contribution is -0.384. The summed E-state index contributed by atoms with van der Waals surface area (Å²) in [7, 11) is 1.61. The van der Waals surface area contributed by atoms with E-state index in [0.29, 0.717) is 56.3 Å². The van der Waals surface area contributed by atoms with E-state index in [4.69, 9.17) is 21.1 Å². The highest BCUT2D eigenvalue weighted by atomic mass is 35.5. The number of ether oxygens (including phenoxy) is 2. The zero-order valence-electron chi connectivity index (χ0n) is 16.8. The predicted octanol–water partition coefficient (Wildman–Crippen LogP) is 3.76. The number of nitro groups is 1. The zero-order chi connectivity index (χ0) is 21.5. The topological polar surface area (TPSA) is 85.2 Å². The number of amides is 1. The summed E-state index contributed by atoms with van der Waals surface area (Å²) in [5.74, 6) is 1.57. The van der Waals surface area contributed by atoms with Gasteiger partial charge in [-0.15, -0.1) is 0 Å². The van der Waals surface area contributed by atoms with Gasteiger partial charge in [0.2, 0.25) is 5.91 Å². The van der Waals surface area contributed by atoms with Crippen molar-refractivity contribution in [2.24, 2.45) is 0 Å². The Morgan fingerprint density at radius 3 is 2.40 bits per heavy atom. The summed E-state index contributed by atoms with van der Waals surface area (Å²) in [6.45, 7) is 2.58. The second-order valence-corrected chi connectivity index (χ2v) is 7.32. The number of hydrogen-bond acceptors (Lipinski definition) is 6. The van der Waals surface area contributed by atoms with Crippen LogP contribution in [0, 0.1) is 10.1 Å². The van der Waals surface area contributed by atoms with Gasteiger partial charge in [-0.25, -0.2) is 0 Å². The molecule has 0 N–H and O–H groups in total. The maximum Gasteiger partial charge on any atom is 0.294 e. The van der Waals surface area contributed by atoms with Crippen LogP contribution in [0.3, 0.4) is 0 Å². The number of piperazine rings is 1. The van der Waals surface area contributed by atoms with Crippen LogP contribution in [0.15, 0.2) is 42.5 Å².